The molecule has 3 rings (SSSR count). The molecule has 0 aliphatic rings. The van der Waals surface area contributed by atoms with Crippen LogP contribution in [0, 0.1) is 6.92 Å². The zero-order valence-electron chi connectivity index (χ0n) is 15.1. The van der Waals surface area contributed by atoms with Crippen LogP contribution < -0.4 is 4.74 Å². The van der Waals surface area contributed by atoms with Crippen molar-refractivity contribution in [3.05, 3.63) is 99.0 Å². The number of hydrogen-bond donors (Lipinski definition) is 1. The lowest BCUT2D eigenvalue weighted by atomic mass is 10.0. The van der Waals surface area contributed by atoms with E-state index in [2.05, 4.69) is 35.0 Å². The lowest BCUT2D eigenvalue weighted by Crippen LogP contribution is -2.02. The minimum atomic E-state index is -0.902. The molecule has 0 radical (unpaired) electrons. The molecule has 0 bridgehead atoms. The van der Waals surface area contributed by atoms with Gasteiger partial charge in [-0.15, -0.1) is 0 Å². The van der Waals surface area contributed by atoms with Gasteiger partial charge in [-0.1, -0.05) is 48.5 Å². The summed E-state index contributed by atoms with van der Waals surface area (Å²) in [5.41, 5.74) is 4.85. The van der Waals surface area contributed by atoms with E-state index in [9.17, 15) is 4.79 Å². The first-order valence-corrected chi connectivity index (χ1v) is 9.60. The van der Waals surface area contributed by atoms with Crippen molar-refractivity contribution in [1.29, 1.82) is 0 Å². The SMILES string of the molecule is Cc1cc(Br)c(OCc2ccccc2)c(CCc2ccc(C(=O)O)cc2)c1. The van der Waals surface area contributed by atoms with Gasteiger partial charge < -0.3 is 9.84 Å². The van der Waals surface area contributed by atoms with Gasteiger partial charge in [0.2, 0.25) is 0 Å². The van der Waals surface area contributed by atoms with E-state index in [1.54, 1.807) is 12.1 Å². The summed E-state index contributed by atoms with van der Waals surface area (Å²) in [7, 11) is 0. The Kier molecular flexibility index (Phi) is 6.30. The number of benzene rings is 3. The number of halogens is 1. The van der Waals surface area contributed by atoms with E-state index < -0.39 is 5.97 Å². The van der Waals surface area contributed by atoms with E-state index in [1.165, 1.54) is 5.56 Å². The van der Waals surface area contributed by atoms with Gasteiger partial charge in [0.1, 0.15) is 12.4 Å². The quantitative estimate of drug-likeness (QED) is 0.519. The molecule has 138 valence electrons. The summed E-state index contributed by atoms with van der Waals surface area (Å²) in [6.07, 6.45) is 1.63. The van der Waals surface area contributed by atoms with Crippen LogP contribution in [0.15, 0.2) is 71.2 Å². The molecule has 0 heterocycles. The number of carboxylic acid groups (broad SMARTS) is 1. The van der Waals surface area contributed by atoms with Gasteiger partial charge >= 0.3 is 5.97 Å². The second-order valence-electron chi connectivity index (χ2n) is 6.51. The second kappa shape index (κ2) is 8.87. The molecule has 3 aromatic rings. The van der Waals surface area contributed by atoms with E-state index in [-0.39, 0.29) is 0 Å². The molecule has 0 aliphatic carbocycles. The van der Waals surface area contributed by atoms with Crippen LogP contribution in [0.1, 0.15) is 32.6 Å². The average Bonchev–Trinajstić information content (AvgIpc) is 2.66. The van der Waals surface area contributed by atoms with Gasteiger partial charge in [0.25, 0.3) is 0 Å². The number of hydrogen-bond acceptors (Lipinski definition) is 2. The number of ether oxygens (including phenoxy) is 1. The summed E-state index contributed by atoms with van der Waals surface area (Å²) < 4.78 is 7.08. The molecule has 0 aromatic heterocycles. The Hall–Kier alpha value is -2.59. The molecular formula is C23H21BrO3. The smallest absolute Gasteiger partial charge is 0.335 e. The predicted molar refractivity (Wildman–Crippen MR) is 110 cm³/mol. The van der Waals surface area contributed by atoms with Crippen molar-refractivity contribution in [2.75, 3.05) is 0 Å². The second-order valence-corrected chi connectivity index (χ2v) is 7.37. The van der Waals surface area contributed by atoms with Crippen LogP contribution >= 0.6 is 15.9 Å². The number of rotatable bonds is 7. The lowest BCUT2D eigenvalue weighted by molar-refractivity contribution is 0.0697. The van der Waals surface area contributed by atoms with Crippen molar-refractivity contribution < 1.29 is 14.6 Å². The standard InChI is InChI=1S/C23H21BrO3/c1-16-13-20(12-9-17-7-10-19(11-8-17)23(25)26)22(21(24)14-16)27-15-18-5-3-2-4-6-18/h2-8,10-11,13-14H,9,12,15H2,1H3,(H,25,26). The van der Waals surface area contributed by atoms with Crippen molar-refractivity contribution in [2.24, 2.45) is 0 Å². The maximum absolute atomic E-state index is 11.0. The first kappa shape index (κ1) is 19.2. The van der Waals surface area contributed by atoms with Crippen LogP contribution in [0.4, 0.5) is 0 Å². The van der Waals surface area contributed by atoms with Crippen molar-refractivity contribution in [1.82, 2.24) is 0 Å². The number of carboxylic acids is 1. The monoisotopic (exact) mass is 424 g/mol. The molecule has 0 saturated carbocycles. The normalized spacial score (nSPS) is 10.6. The van der Waals surface area contributed by atoms with E-state index in [0.29, 0.717) is 12.2 Å². The minimum absolute atomic E-state index is 0.309. The highest BCUT2D eigenvalue weighted by Gasteiger charge is 2.11. The fourth-order valence-electron chi connectivity index (χ4n) is 2.97. The molecule has 27 heavy (non-hydrogen) atoms. The van der Waals surface area contributed by atoms with Gasteiger partial charge in [0.15, 0.2) is 0 Å². The third-order valence-corrected chi connectivity index (χ3v) is 4.96. The molecule has 0 spiro atoms. The summed E-state index contributed by atoms with van der Waals surface area (Å²) >= 11 is 3.63. The zero-order chi connectivity index (χ0) is 19.2. The highest BCUT2D eigenvalue weighted by molar-refractivity contribution is 9.10. The van der Waals surface area contributed by atoms with Gasteiger partial charge in [0.05, 0.1) is 10.0 Å². The van der Waals surface area contributed by atoms with E-state index >= 15 is 0 Å². The summed E-state index contributed by atoms with van der Waals surface area (Å²) in [4.78, 5) is 11.0. The molecule has 0 fully saturated rings. The highest BCUT2D eigenvalue weighted by atomic mass is 79.9. The van der Waals surface area contributed by atoms with Crippen LogP contribution in [-0.4, -0.2) is 11.1 Å². The third-order valence-electron chi connectivity index (χ3n) is 4.37. The summed E-state index contributed by atoms with van der Waals surface area (Å²) in [6.45, 7) is 2.58. The number of aryl methyl sites for hydroxylation is 3. The fraction of sp³-hybridized carbons (Fsp3) is 0.174. The number of aromatic carboxylic acids is 1. The molecule has 3 aromatic carbocycles. The third kappa shape index (κ3) is 5.20. The first-order valence-electron chi connectivity index (χ1n) is 8.81. The minimum Gasteiger partial charge on any atom is -0.487 e. The lowest BCUT2D eigenvalue weighted by Gasteiger charge is -2.15. The molecule has 0 atom stereocenters. The Labute approximate surface area is 167 Å². The molecule has 1 N–H and O–H groups in total. The maximum Gasteiger partial charge on any atom is 0.335 e. The van der Waals surface area contributed by atoms with Crippen LogP contribution in [-0.2, 0) is 19.4 Å². The van der Waals surface area contributed by atoms with Crippen molar-refractivity contribution >= 4 is 21.9 Å². The molecule has 3 nitrogen and oxygen atoms in total. The fourth-order valence-corrected chi connectivity index (χ4v) is 3.70. The Morgan fingerprint density at radius 2 is 1.67 bits per heavy atom. The van der Waals surface area contributed by atoms with E-state index in [0.717, 1.165) is 39.8 Å². The van der Waals surface area contributed by atoms with Gasteiger partial charge in [-0.3, -0.25) is 0 Å². The van der Waals surface area contributed by atoms with Crippen LogP contribution in [0.5, 0.6) is 5.75 Å². The number of carbonyl (C=O) groups is 1. The molecular weight excluding hydrogens is 404 g/mol. The Morgan fingerprint density at radius 1 is 0.963 bits per heavy atom. The van der Waals surface area contributed by atoms with E-state index in [4.69, 9.17) is 9.84 Å². The zero-order valence-corrected chi connectivity index (χ0v) is 16.7. The van der Waals surface area contributed by atoms with Crippen LogP contribution in [0.25, 0.3) is 0 Å². The van der Waals surface area contributed by atoms with Gasteiger partial charge in [0, 0.05) is 0 Å². The Morgan fingerprint density at radius 3 is 2.33 bits per heavy atom. The van der Waals surface area contributed by atoms with Crippen molar-refractivity contribution in [3.63, 3.8) is 0 Å². The topological polar surface area (TPSA) is 46.5 Å². The van der Waals surface area contributed by atoms with Crippen LogP contribution in [0.2, 0.25) is 0 Å². The molecule has 0 amide bonds. The first-order chi connectivity index (χ1) is 13.0. The average molecular weight is 425 g/mol. The largest absolute Gasteiger partial charge is 0.487 e. The molecule has 0 aliphatic heterocycles. The maximum atomic E-state index is 11.0. The Balaban J connectivity index is 1.74. The van der Waals surface area contributed by atoms with Crippen LogP contribution in [0.3, 0.4) is 0 Å². The molecule has 4 heteroatoms. The van der Waals surface area contributed by atoms with Gasteiger partial charge in [-0.25, -0.2) is 4.79 Å². The Bertz CT molecular complexity index is 918. The summed E-state index contributed by atoms with van der Waals surface area (Å²) in [5, 5.41) is 9.01. The molecule has 0 unspecified atom stereocenters. The summed E-state index contributed by atoms with van der Waals surface area (Å²) in [6, 6.07) is 21.4. The van der Waals surface area contributed by atoms with Gasteiger partial charge in [-0.05, 0) is 76.1 Å². The van der Waals surface area contributed by atoms with Crippen molar-refractivity contribution in [3.8, 4) is 5.75 Å². The highest BCUT2D eigenvalue weighted by Crippen LogP contribution is 2.32. The summed E-state index contributed by atoms with van der Waals surface area (Å²) in [5.74, 6) is -0.0348. The van der Waals surface area contributed by atoms with Gasteiger partial charge in [-0.2, -0.15) is 0 Å². The van der Waals surface area contributed by atoms with E-state index in [1.807, 2.05) is 42.5 Å². The van der Waals surface area contributed by atoms with Crippen molar-refractivity contribution in [2.45, 2.75) is 26.4 Å². The predicted octanol–water partition coefficient (Wildman–Crippen LogP) is 5.82. The molecule has 0 saturated heterocycles.